The molecule has 1 aromatic rings. The molecule has 4 heteroatoms. The van der Waals surface area contributed by atoms with E-state index in [0.29, 0.717) is 6.04 Å². The van der Waals surface area contributed by atoms with E-state index in [4.69, 9.17) is 4.74 Å². The maximum atomic E-state index is 5.54. The highest BCUT2D eigenvalue weighted by molar-refractivity contribution is 5.05. The molecular formula is C13H25N3O. The van der Waals surface area contributed by atoms with Gasteiger partial charge in [0.05, 0.1) is 6.20 Å². The number of nitrogens with zero attached hydrogens (tertiary/aromatic N) is 2. The SMILES string of the molecule is CCCOCCC(Cc1cnn(C)c1)NCC. The maximum Gasteiger partial charge on any atom is 0.0522 e. The quantitative estimate of drug-likeness (QED) is 0.667. The molecule has 98 valence electrons. The minimum Gasteiger partial charge on any atom is -0.381 e. The minimum absolute atomic E-state index is 0.487. The molecule has 0 radical (unpaired) electrons. The van der Waals surface area contributed by atoms with Gasteiger partial charge in [-0.1, -0.05) is 13.8 Å². The molecule has 1 aromatic heterocycles. The maximum absolute atomic E-state index is 5.54. The minimum atomic E-state index is 0.487. The van der Waals surface area contributed by atoms with Crippen LogP contribution in [0.5, 0.6) is 0 Å². The van der Waals surface area contributed by atoms with Crippen molar-refractivity contribution in [1.29, 1.82) is 0 Å². The number of aromatic nitrogens is 2. The number of hydrogen-bond acceptors (Lipinski definition) is 3. The van der Waals surface area contributed by atoms with E-state index in [1.54, 1.807) is 0 Å². The van der Waals surface area contributed by atoms with E-state index in [1.807, 2.05) is 17.9 Å². The number of hydrogen-bond donors (Lipinski definition) is 1. The van der Waals surface area contributed by atoms with Crippen molar-refractivity contribution in [3.8, 4) is 0 Å². The fourth-order valence-corrected chi connectivity index (χ4v) is 1.90. The van der Waals surface area contributed by atoms with Gasteiger partial charge in [0.1, 0.15) is 0 Å². The predicted molar refractivity (Wildman–Crippen MR) is 70.1 cm³/mol. The van der Waals surface area contributed by atoms with Crippen LogP contribution in [0.15, 0.2) is 12.4 Å². The van der Waals surface area contributed by atoms with Crippen LogP contribution in [0.25, 0.3) is 0 Å². The van der Waals surface area contributed by atoms with E-state index >= 15 is 0 Å². The standard InChI is InChI=1S/C13H25N3O/c1-4-7-17-8-6-13(14-5-2)9-12-10-15-16(3)11-12/h10-11,13-14H,4-9H2,1-3H3. The van der Waals surface area contributed by atoms with Crippen LogP contribution in [-0.2, 0) is 18.2 Å². The molecule has 1 unspecified atom stereocenters. The Bertz CT molecular complexity index is 299. The summed E-state index contributed by atoms with van der Waals surface area (Å²) in [6.07, 6.45) is 7.20. The van der Waals surface area contributed by atoms with Gasteiger partial charge in [-0.25, -0.2) is 0 Å². The van der Waals surface area contributed by atoms with Crippen molar-refractivity contribution >= 4 is 0 Å². The number of nitrogens with one attached hydrogen (secondary N) is 1. The molecule has 4 nitrogen and oxygen atoms in total. The molecule has 0 fully saturated rings. The lowest BCUT2D eigenvalue weighted by molar-refractivity contribution is 0.124. The van der Waals surface area contributed by atoms with Gasteiger partial charge < -0.3 is 10.1 Å². The number of likely N-dealkylation sites (N-methyl/N-ethyl adjacent to an activating group) is 1. The molecule has 0 aliphatic carbocycles. The van der Waals surface area contributed by atoms with Gasteiger partial charge in [0.2, 0.25) is 0 Å². The molecule has 1 heterocycles. The van der Waals surface area contributed by atoms with Gasteiger partial charge in [-0.2, -0.15) is 5.10 Å². The Balaban J connectivity index is 2.32. The molecule has 0 amide bonds. The summed E-state index contributed by atoms with van der Waals surface area (Å²) in [6.45, 7) is 6.98. The summed E-state index contributed by atoms with van der Waals surface area (Å²) in [7, 11) is 1.95. The van der Waals surface area contributed by atoms with Crippen LogP contribution in [0.3, 0.4) is 0 Å². The van der Waals surface area contributed by atoms with Gasteiger partial charge in [-0.15, -0.1) is 0 Å². The second kappa shape index (κ2) is 8.25. The van der Waals surface area contributed by atoms with Crippen molar-refractivity contribution in [1.82, 2.24) is 15.1 Å². The largest absolute Gasteiger partial charge is 0.381 e. The molecule has 0 aromatic carbocycles. The predicted octanol–water partition coefficient (Wildman–Crippen LogP) is 1.76. The molecule has 17 heavy (non-hydrogen) atoms. The van der Waals surface area contributed by atoms with E-state index < -0.39 is 0 Å². The van der Waals surface area contributed by atoms with Crippen LogP contribution in [-0.4, -0.2) is 35.6 Å². The molecule has 1 atom stereocenters. The Hall–Kier alpha value is -0.870. The van der Waals surface area contributed by atoms with Crippen LogP contribution in [0.2, 0.25) is 0 Å². The zero-order valence-corrected chi connectivity index (χ0v) is 11.3. The lowest BCUT2D eigenvalue weighted by Gasteiger charge is -2.17. The van der Waals surface area contributed by atoms with Crippen LogP contribution in [0, 0.1) is 0 Å². The highest BCUT2D eigenvalue weighted by Gasteiger charge is 2.09. The topological polar surface area (TPSA) is 39.1 Å². The van der Waals surface area contributed by atoms with Crippen LogP contribution in [0.1, 0.15) is 32.3 Å². The van der Waals surface area contributed by atoms with Crippen molar-refractivity contribution in [2.45, 2.75) is 39.2 Å². The molecule has 0 aliphatic rings. The molecule has 0 spiro atoms. The van der Waals surface area contributed by atoms with Gasteiger partial charge in [0.25, 0.3) is 0 Å². The van der Waals surface area contributed by atoms with Crippen LogP contribution in [0.4, 0.5) is 0 Å². The van der Waals surface area contributed by atoms with E-state index in [1.165, 1.54) is 5.56 Å². The fraction of sp³-hybridized carbons (Fsp3) is 0.769. The van der Waals surface area contributed by atoms with Crippen LogP contribution < -0.4 is 5.32 Å². The van der Waals surface area contributed by atoms with Gasteiger partial charge in [0.15, 0.2) is 0 Å². The Kier molecular flexibility index (Phi) is 6.89. The first-order valence-electron chi connectivity index (χ1n) is 6.54. The average Bonchev–Trinajstić information content (AvgIpc) is 2.70. The van der Waals surface area contributed by atoms with E-state index in [9.17, 15) is 0 Å². The summed E-state index contributed by atoms with van der Waals surface area (Å²) in [5.41, 5.74) is 1.29. The Labute approximate surface area is 104 Å². The van der Waals surface area contributed by atoms with Crippen molar-refractivity contribution in [3.05, 3.63) is 18.0 Å². The monoisotopic (exact) mass is 239 g/mol. The van der Waals surface area contributed by atoms with Gasteiger partial charge in [-0.05, 0) is 31.4 Å². The summed E-state index contributed by atoms with van der Waals surface area (Å²) < 4.78 is 7.39. The third kappa shape index (κ3) is 5.84. The van der Waals surface area contributed by atoms with E-state index in [-0.39, 0.29) is 0 Å². The van der Waals surface area contributed by atoms with Crippen molar-refractivity contribution < 1.29 is 4.74 Å². The molecule has 1 N–H and O–H groups in total. The first kappa shape index (κ1) is 14.2. The van der Waals surface area contributed by atoms with E-state index in [0.717, 1.165) is 39.0 Å². The number of aryl methyl sites for hydroxylation is 1. The molecule has 0 bridgehead atoms. The van der Waals surface area contributed by atoms with Crippen molar-refractivity contribution in [2.75, 3.05) is 19.8 Å². The number of rotatable bonds is 9. The lowest BCUT2D eigenvalue weighted by Crippen LogP contribution is -2.32. The second-order valence-electron chi connectivity index (χ2n) is 4.38. The lowest BCUT2D eigenvalue weighted by atomic mass is 10.1. The Morgan fingerprint density at radius 3 is 2.82 bits per heavy atom. The number of ether oxygens (including phenoxy) is 1. The zero-order chi connectivity index (χ0) is 12.5. The molecule has 1 rings (SSSR count). The normalized spacial score (nSPS) is 12.9. The summed E-state index contributed by atoms with van der Waals surface area (Å²) in [5, 5.41) is 7.70. The first-order valence-corrected chi connectivity index (χ1v) is 6.54. The highest BCUT2D eigenvalue weighted by atomic mass is 16.5. The smallest absolute Gasteiger partial charge is 0.0522 e. The first-order chi connectivity index (χ1) is 8.26. The molecular weight excluding hydrogens is 214 g/mol. The molecule has 0 saturated carbocycles. The van der Waals surface area contributed by atoms with Gasteiger partial charge in [0, 0.05) is 32.5 Å². The highest BCUT2D eigenvalue weighted by Crippen LogP contribution is 2.05. The summed E-state index contributed by atoms with van der Waals surface area (Å²) in [5.74, 6) is 0. The van der Waals surface area contributed by atoms with Gasteiger partial charge in [-0.3, -0.25) is 4.68 Å². The summed E-state index contributed by atoms with van der Waals surface area (Å²) >= 11 is 0. The third-order valence-electron chi connectivity index (χ3n) is 2.69. The zero-order valence-electron chi connectivity index (χ0n) is 11.3. The van der Waals surface area contributed by atoms with E-state index in [2.05, 4.69) is 30.5 Å². The molecule has 0 saturated heterocycles. The summed E-state index contributed by atoms with van der Waals surface area (Å²) in [4.78, 5) is 0. The third-order valence-corrected chi connectivity index (χ3v) is 2.69. The Morgan fingerprint density at radius 2 is 2.24 bits per heavy atom. The van der Waals surface area contributed by atoms with Crippen molar-refractivity contribution in [2.24, 2.45) is 7.05 Å². The van der Waals surface area contributed by atoms with Crippen LogP contribution >= 0.6 is 0 Å². The summed E-state index contributed by atoms with van der Waals surface area (Å²) in [6, 6.07) is 0.487. The average molecular weight is 239 g/mol. The fourth-order valence-electron chi connectivity index (χ4n) is 1.90. The Morgan fingerprint density at radius 1 is 1.41 bits per heavy atom. The molecule has 0 aliphatic heterocycles. The van der Waals surface area contributed by atoms with Crippen molar-refractivity contribution in [3.63, 3.8) is 0 Å². The van der Waals surface area contributed by atoms with Gasteiger partial charge >= 0.3 is 0 Å². The second-order valence-corrected chi connectivity index (χ2v) is 4.38.